The Morgan fingerprint density at radius 1 is 1.09 bits per heavy atom. The van der Waals surface area contributed by atoms with E-state index in [9.17, 15) is 0 Å². The lowest BCUT2D eigenvalue weighted by molar-refractivity contribution is 0.260. The number of rotatable bonds is 5. The van der Waals surface area contributed by atoms with Crippen LogP contribution in [0.4, 0.5) is 5.82 Å². The van der Waals surface area contributed by atoms with Gasteiger partial charge in [0.1, 0.15) is 5.82 Å². The van der Waals surface area contributed by atoms with Crippen LogP contribution in [0, 0.1) is 0 Å². The second kappa shape index (κ2) is 5.73. The van der Waals surface area contributed by atoms with Gasteiger partial charge in [0.2, 0.25) is 0 Å². The van der Waals surface area contributed by atoms with Crippen LogP contribution in [0.15, 0.2) is 42.5 Å². The van der Waals surface area contributed by atoms with E-state index in [0.717, 1.165) is 11.4 Å². The molecule has 0 bridgehead atoms. The topological polar surface area (TPSA) is 75.3 Å². The van der Waals surface area contributed by atoms with E-state index in [-0.39, 0.29) is 12.1 Å². The van der Waals surface area contributed by atoms with Gasteiger partial charge < -0.3 is 10.4 Å². The van der Waals surface area contributed by atoms with Crippen molar-refractivity contribution in [3.63, 3.8) is 0 Å². The Kier molecular flexibility index (Phi) is 3.77. The molecule has 114 valence electrons. The van der Waals surface area contributed by atoms with Crippen LogP contribution in [-0.4, -0.2) is 37.1 Å². The quantitative estimate of drug-likeness (QED) is 0.756. The van der Waals surface area contributed by atoms with Crippen LogP contribution in [0.25, 0.3) is 17.0 Å². The number of aliphatic hydroxyl groups is 1. The number of hydrogen-bond donors (Lipinski definition) is 2. The normalized spacial score (nSPS) is 11.8. The molecule has 0 aliphatic heterocycles. The van der Waals surface area contributed by atoms with E-state index in [1.54, 1.807) is 4.52 Å². The van der Waals surface area contributed by atoms with Gasteiger partial charge in [-0.15, -0.1) is 15.3 Å². The number of nitrogens with zero attached hydrogens (tertiary/aromatic N) is 4. The summed E-state index contributed by atoms with van der Waals surface area (Å²) in [7, 11) is 0. The van der Waals surface area contributed by atoms with Crippen LogP contribution in [0.5, 0.6) is 0 Å². The largest absolute Gasteiger partial charge is 0.396 e. The molecule has 0 atom stereocenters. The van der Waals surface area contributed by atoms with Gasteiger partial charge in [-0.3, -0.25) is 0 Å². The highest BCUT2D eigenvalue weighted by molar-refractivity contribution is 5.59. The third-order valence-electron chi connectivity index (χ3n) is 3.50. The van der Waals surface area contributed by atoms with E-state index in [2.05, 4.69) is 20.6 Å². The Balaban J connectivity index is 1.99. The first-order chi connectivity index (χ1) is 10.6. The summed E-state index contributed by atoms with van der Waals surface area (Å²) in [5.74, 6) is 1.43. The predicted octanol–water partition coefficient (Wildman–Crippen LogP) is 2.36. The first-order valence-electron chi connectivity index (χ1n) is 7.26. The molecule has 0 saturated carbocycles. The summed E-state index contributed by atoms with van der Waals surface area (Å²) in [5.41, 5.74) is 1.43. The summed E-state index contributed by atoms with van der Waals surface area (Å²) in [4.78, 5) is 0. The zero-order chi connectivity index (χ0) is 15.6. The lowest BCUT2D eigenvalue weighted by atomic mass is 10.0. The Bertz CT molecular complexity index is 767. The molecule has 2 heterocycles. The molecule has 0 saturated heterocycles. The van der Waals surface area contributed by atoms with E-state index in [4.69, 9.17) is 5.11 Å². The van der Waals surface area contributed by atoms with Gasteiger partial charge in [0.15, 0.2) is 11.5 Å². The van der Waals surface area contributed by atoms with E-state index >= 15 is 0 Å². The van der Waals surface area contributed by atoms with Crippen molar-refractivity contribution in [2.24, 2.45) is 0 Å². The summed E-state index contributed by atoms with van der Waals surface area (Å²) in [6.45, 7) is 4.18. The van der Waals surface area contributed by atoms with Crippen molar-refractivity contribution < 1.29 is 5.11 Å². The Labute approximate surface area is 128 Å². The molecule has 3 aromatic rings. The highest BCUT2D eigenvalue weighted by Gasteiger charge is 2.18. The molecule has 6 heteroatoms. The van der Waals surface area contributed by atoms with E-state index in [0.29, 0.717) is 17.9 Å². The van der Waals surface area contributed by atoms with Crippen molar-refractivity contribution in [1.29, 1.82) is 0 Å². The fraction of sp³-hybridized carbons (Fsp3) is 0.312. The summed E-state index contributed by atoms with van der Waals surface area (Å²) in [5, 5.41) is 25.4. The summed E-state index contributed by atoms with van der Waals surface area (Å²) >= 11 is 0. The van der Waals surface area contributed by atoms with Crippen molar-refractivity contribution in [2.45, 2.75) is 25.8 Å². The Hall–Kier alpha value is -2.47. The molecule has 6 nitrogen and oxygen atoms in total. The third kappa shape index (κ3) is 2.92. The minimum absolute atomic E-state index is 0.129. The number of aromatic nitrogens is 4. The third-order valence-corrected chi connectivity index (χ3v) is 3.50. The van der Waals surface area contributed by atoms with Gasteiger partial charge in [-0.2, -0.15) is 4.52 Å². The number of fused-ring (bicyclic) bond motifs is 1. The maximum absolute atomic E-state index is 9.13. The van der Waals surface area contributed by atoms with Gasteiger partial charge in [0.05, 0.1) is 0 Å². The van der Waals surface area contributed by atoms with Gasteiger partial charge in [-0.25, -0.2) is 0 Å². The molecule has 0 fully saturated rings. The van der Waals surface area contributed by atoms with E-state index in [1.165, 1.54) is 0 Å². The number of aliphatic hydroxyl groups excluding tert-OH is 1. The fourth-order valence-electron chi connectivity index (χ4n) is 2.31. The molecule has 2 aromatic heterocycles. The molecule has 22 heavy (non-hydrogen) atoms. The molecule has 1 aromatic carbocycles. The zero-order valence-corrected chi connectivity index (χ0v) is 12.7. The van der Waals surface area contributed by atoms with Crippen LogP contribution in [-0.2, 0) is 0 Å². The first-order valence-corrected chi connectivity index (χ1v) is 7.26. The van der Waals surface area contributed by atoms with Gasteiger partial charge in [0, 0.05) is 17.7 Å². The maximum atomic E-state index is 9.13. The molecular weight excluding hydrogens is 278 g/mol. The zero-order valence-electron chi connectivity index (χ0n) is 12.7. The molecule has 2 N–H and O–H groups in total. The molecule has 0 aliphatic carbocycles. The van der Waals surface area contributed by atoms with Crippen molar-refractivity contribution in [2.75, 3.05) is 11.9 Å². The number of hydrogen-bond acceptors (Lipinski definition) is 5. The minimum Gasteiger partial charge on any atom is -0.396 e. The van der Waals surface area contributed by atoms with Crippen molar-refractivity contribution in [3.05, 3.63) is 42.5 Å². The van der Waals surface area contributed by atoms with Crippen LogP contribution >= 0.6 is 0 Å². The second-order valence-electron chi connectivity index (χ2n) is 5.86. The summed E-state index contributed by atoms with van der Waals surface area (Å²) < 4.78 is 1.73. The van der Waals surface area contributed by atoms with Crippen LogP contribution < -0.4 is 5.32 Å². The molecule has 0 unspecified atom stereocenters. The predicted molar refractivity (Wildman–Crippen MR) is 85.6 cm³/mol. The summed E-state index contributed by atoms with van der Waals surface area (Å²) in [6.07, 6.45) is 0.639. The standard InChI is InChI=1S/C16H19N5O/c1-16(2,10-11-22)17-13-8-9-14-18-19-15(21(14)20-13)12-6-4-3-5-7-12/h3-9,22H,10-11H2,1-2H3,(H,17,20). The van der Waals surface area contributed by atoms with Crippen molar-refractivity contribution >= 4 is 11.5 Å². The van der Waals surface area contributed by atoms with Gasteiger partial charge >= 0.3 is 0 Å². The molecule has 0 radical (unpaired) electrons. The Morgan fingerprint density at radius 2 is 1.86 bits per heavy atom. The average Bonchev–Trinajstić information content (AvgIpc) is 2.90. The number of benzene rings is 1. The Morgan fingerprint density at radius 3 is 2.59 bits per heavy atom. The molecular formula is C16H19N5O. The average molecular weight is 297 g/mol. The lowest BCUT2D eigenvalue weighted by Gasteiger charge is -2.25. The minimum atomic E-state index is -0.240. The number of anilines is 1. The highest BCUT2D eigenvalue weighted by Crippen LogP contribution is 2.20. The van der Waals surface area contributed by atoms with E-state index < -0.39 is 0 Å². The number of nitrogens with one attached hydrogen (secondary N) is 1. The van der Waals surface area contributed by atoms with Crippen LogP contribution in [0.3, 0.4) is 0 Å². The van der Waals surface area contributed by atoms with Gasteiger partial charge in [-0.05, 0) is 32.4 Å². The molecule has 3 rings (SSSR count). The van der Waals surface area contributed by atoms with Gasteiger partial charge in [-0.1, -0.05) is 30.3 Å². The smallest absolute Gasteiger partial charge is 0.185 e. The molecule has 0 spiro atoms. The molecule has 0 amide bonds. The fourth-order valence-corrected chi connectivity index (χ4v) is 2.31. The van der Waals surface area contributed by atoms with Crippen LogP contribution in [0.1, 0.15) is 20.3 Å². The summed E-state index contributed by atoms with van der Waals surface area (Å²) in [6, 6.07) is 13.6. The second-order valence-corrected chi connectivity index (χ2v) is 5.86. The van der Waals surface area contributed by atoms with Crippen molar-refractivity contribution in [1.82, 2.24) is 19.8 Å². The molecule has 0 aliphatic rings. The highest BCUT2D eigenvalue weighted by atomic mass is 16.3. The monoisotopic (exact) mass is 297 g/mol. The SMILES string of the molecule is CC(C)(CCO)Nc1ccc2nnc(-c3ccccc3)n2n1. The van der Waals surface area contributed by atoms with Gasteiger partial charge in [0.25, 0.3) is 0 Å². The maximum Gasteiger partial charge on any atom is 0.185 e. The first kappa shape index (κ1) is 14.5. The lowest BCUT2D eigenvalue weighted by Crippen LogP contribution is -2.32. The van der Waals surface area contributed by atoms with Crippen LogP contribution in [0.2, 0.25) is 0 Å². The van der Waals surface area contributed by atoms with Crippen molar-refractivity contribution in [3.8, 4) is 11.4 Å². The van der Waals surface area contributed by atoms with E-state index in [1.807, 2.05) is 56.3 Å².